The Kier molecular flexibility index (Phi) is 5.02. The number of nitrogens with one attached hydrogen (secondary N) is 1. The molecule has 1 aromatic heterocycles. The number of anilines is 1. The SMILES string of the molecule is O=C(Nc1ccc(OC(F)F)nc1)c1ccc(Cl)cc1[N+](=O)[O-]. The van der Waals surface area contributed by atoms with Gasteiger partial charge in [0, 0.05) is 17.2 Å². The summed E-state index contributed by atoms with van der Waals surface area (Å²) in [6.07, 6.45) is 1.08. The Hall–Kier alpha value is -2.81. The van der Waals surface area contributed by atoms with Crippen molar-refractivity contribution in [2.75, 3.05) is 5.32 Å². The second kappa shape index (κ2) is 6.97. The van der Waals surface area contributed by atoms with E-state index in [2.05, 4.69) is 15.0 Å². The Morgan fingerprint density at radius 3 is 2.65 bits per heavy atom. The molecular formula is C13H8ClF2N3O4. The monoisotopic (exact) mass is 343 g/mol. The van der Waals surface area contributed by atoms with E-state index in [-0.39, 0.29) is 22.2 Å². The van der Waals surface area contributed by atoms with Gasteiger partial charge < -0.3 is 10.1 Å². The highest BCUT2D eigenvalue weighted by molar-refractivity contribution is 6.31. The van der Waals surface area contributed by atoms with Gasteiger partial charge in [-0.1, -0.05) is 11.6 Å². The molecule has 1 N–H and O–H groups in total. The number of halogens is 3. The molecule has 0 saturated carbocycles. The van der Waals surface area contributed by atoms with Crippen molar-refractivity contribution >= 4 is 28.9 Å². The van der Waals surface area contributed by atoms with E-state index in [0.717, 1.165) is 18.3 Å². The van der Waals surface area contributed by atoms with Crippen LogP contribution in [0.5, 0.6) is 5.88 Å². The fraction of sp³-hybridized carbons (Fsp3) is 0.0769. The van der Waals surface area contributed by atoms with E-state index < -0.39 is 23.1 Å². The van der Waals surface area contributed by atoms with Crippen molar-refractivity contribution in [1.29, 1.82) is 0 Å². The number of ether oxygens (including phenoxy) is 1. The number of nitro benzene ring substituents is 1. The van der Waals surface area contributed by atoms with Crippen molar-refractivity contribution in [3.63, 3.8) is 0 Å². The number of carbonyl (C=O) groups is 1. The van der Waals surface area contributed by atoms with Gasteiger partial charge in [-0.3, -0.25) is 14.9 Å². The Morgan fingerprint density at radius 2 is 2.09 bits per heavy atom. The highest BCUT2D eigenvalue weighted by atomic mass is 35.5. The first-order valence-corrected chi connectivity index (χ1v) is 6.41. The van der Waals surface area contributed by atoms with Gasteiger partial charge in [0.25, 0.3) is 11.6 Å². The molecule has 120 valence electrons. The van der Waals surface area contributed by atoms with E-state index in [4.69, 9.17) is 11.6 Å². The number of nitro groups is 1. The van der Waals surface area contributed by atoms with Crippen molar-refractivity contribution in [3.05, 3.63) is 57.2 Å². The summed E-state index contributed by atoms with van der Waals surface area (Å²) in [5.74, 6) is -1.09. The molecular weight excluding hydrogens is 336 g/mol. The van der Waals surface area contributed by atoms with Crippen LogP contribution in [0.2, 0.25) is 5.02 Å². The fourth-order valence-corrected chi connectivity index (χ4v) is 1.83. The van der Waals surface area contributed by atoms with Crippen LogP contribution in [0.1, 0.15) is 10.4 Å². The first-order valence-electron chi connectivity index (χ1n) is 6.03. The van der Waals surface area contributed by atoms with Crippen LogP contribution >= 0.6 is 11.6 Å². The lowest BCUT2D eigenvalue weighted by Gasteiger charge is -2.07. The molecule has 2 aromatic rings. The maximum atomic E-state index is 12.1. The second-order valence-electron chi connectivity index (χ2n) is 4.14. The zero-order valence-electron chi connectivity index (χ0n) is 11.2. The summed E-state index contributed by atoms with van der Waals surface area (Å²) in [6, 6.07) is 5.98. The summed E-state index contributed by atoms with van der Waals surface area (Å²) in [7, 11) is 0. The Labute approximate surface area is 133 Å². The van der Waals surface area contributed by atoms with Gasteiger partial charge in [0.15, 0.2) is 0 Å². The van der Waals surface area contributed by atoms with Crippen molar-refractivity contribution in [2.24, 2.45) is 0 Å². The predicted molar refractivity (Wildman–Crippen MR) is 76.9 cm³/mol. The first-order chi connectivity index (χ1) is 10.9. The minimum Gasteiger partial charge on any atom is -0.417 e. The smallest absolute Gasteiger partial charge is 0.388 e. The summed E-state index contributed by atoms with van der Waals surface area (Å²) in [4.78, 5) is 25.8. The maximum absolute atomic E-state index is 12.1. The third kappa shape index (κ3) is 4.33. The number of carbonyl (C=O) groups excluding carboxylic acids is 1. The highest BCUT2D eigenvalue weighted by Crippen LogP contribution is 2.24. The number of rotatable bonds is 5. The summed E-state index contributed by atoms with van der Waals surface area (Å²) >= 11 is 5.66. The number of nitrogens with zero attached hydrogens (tertiary/aromatic N) is 2. The molecule has 0 saturated heterocycles. The van der Waals surface area contributed by atoms with Gasteiger partial charge in [-0.15, -0.1) is 0 Å². The van der Waals surface area contributed by atoms with Crippen molar-refractivity contribution in [3.8, 4) is 5.88 Å². The topological polar surface area (TPSA) is 94.4 Å². The Bertz CT molecular complexity index is 740. The van der Waals surface area contributed by atoms with Gasteiger partial charge in [-0.05, 0) is 18.2 Å². The molecule has 1 amide bonds. The van der Waals surface area contributed by atoms with Gasteiger partial charge in [0.1, 0.15) is 5.56 Å². The standard InChI is InChI=1S/C13H8ClF2N3O4/c14-7-1-3-9(10(5-7)19(21)22)12(20)18-8-2-4-11(17-6-8)23-13(15)16/h1-6,13H,(H,18,20). The molecule has 0 unspecified atom stereocenters. The van der Waals surface area contributed by atoms with Gasteiger partial charge in [-0.25, -0.2) is 4.98 Å². The number of pyridine rings is 1. The molecule has 0 aliphatic heterocycles. The van der Waals surface area contributed by atoms with Crippen LogP contribution in [-0.4, -0.2) is 22.4 Å². The van der Waals surface area contributed by atoms with E-state index in [1.807, 2.05) is 0 Å². The fourth-order valence-electron chi connectivity index (χ4n) is 1.66. The van der Waals surface area contributed by atoms with Crippen LogP contribution < -0.4 is 10.1 Å². The molecule has 1 heterocycles. The number of amides is 1. The molecule has 0 atom stereocenters. The molecule has 7 nitrogen and oxygen atoms in total. The number of alkyl halides is 2. The summed E-state index contributed by atoms with van der Waals surface area (Å²) in [6.45, 7) is -3.01. The third-order valence-corrected chi connectivity index (χ3v) is 2.84. The zero-order valence-corrected chi connectivity index (χ0v) is 12.0. The van der Waals surface area contributed by atoms with E-state index >= 15 is 0 Å². The van der Waals surface area contributed by atoms with Crippen molar-refractivity contribution < 1.29 is 23.2 Å². The summed E-state index contributed by atoms with van der Waals surface area (Å²) < 4.78 is 28.1. The molecule has 0 aliphatic rings. The molecule has 10 heteroatoms. The third-order valence-electron chi connectivity index (χ3n) is 2.61. The molecule has 0 fully saturated rings. The number of hydrogen-bond acceptors (Lipinski definition) is 5. The molecule has 23 heavy (non-hydrogen) atoms. The lowest BCUT2D eigenvalue weighted by molar-refractivity contribution is -0.385. The highest BCUT2D eigenvalue weighted by Gasteiger charge is 2.20. The van der Waals surface area contributed by atoms with Crippen LogP contribution in [0, 0.1) is 10.1 Å². The van der Waals surface area contributed by atoms with Gasteiger partial charge in [-0.2, -0.15) is 8.78 Å². The van der Waals surface area contributed by atoms with Gasteiger partial charge >= 0.3 is 6.61 Å². The molecule has 0 spiro atoms. The van der Waals surface area contributed by atoms with Crippen LogP contribution in [0.4, 0.5) is 20.2 Å². The molecule has 0 aliphatic carbocycles. The number of benzene rings is 1. The maximum Gasteiger partial charge on any atom is 0.388 e. The number of hydrogen-bond donors (Lipinski definition) is 1. The quantitative estimate of drug-likeness (QED) is 0.662. The average Bonchev–Trinajstić information content (AvgIpc) is 2.48. The van der Waals surface area contributed by atoms with Crippen LogP contribution in [0.25, 0.3) is 0 Å². The van der Waals surface area contributed by atoms with Crippen molar-refractivity contribution in [1.82, 2.24) is 4.98 Å². The largest absolute Gasteiger partial charge is 0.417 e. The molecule has 0 bridgehead atoms. The summed E-state index contributed by atoms with van der Waals surface area (Å²) in [5, 5.41) is 13.4. The lowest BCUT2D eigenvalue weighted by atomic mass is 10.1. The molecule has 2 rings (SSSR count). The first kappa shape index (κ1) is 16.6. The minimum absolute atomic E-state index is 0.114. The molecule has 0 radical (unpaired) electrons. The van der Waals surface area contributed by atoms with Crippen LogP contribution in [0.3, 0.4) is 0 Å². The Morgan fingerprint density at radius 1 is 1.35 bits per heavy atom. The second-order valence-corrected chi connectivity index (χ2v) is 4.57. The van der Waals surface area contributed by atoms with E-state index in [9.17, 15) is 23.7 Å². The zero-order chi connectivity index (χ0) is 17.0. The van der Waals surface area contributed by atoms with Crippen LogP contribution in [0.15, 0.2) is 36.5 Å². The van der Waals surface area contributed by atoms with Gasteiger partial charge in [0.05, 0.1) is 16.8 Å². The lowest BCUT2D eigenvalue weighted by Crippen LogP contribution is -2.14. The molecule has 1 aromatic carbocycles. The number of aromatic nitrogens is 1. The normalized spacial score (nSPS) is 10.4. The average molecular weight is 344 g/mol. The van der Waals surface area contributed by atoms with E-state index in [1.165, 1.54) is 18.2 Å². The van der Waals surface area contributed by atoms with Crippen molar-refractivity contribution in [2.45, 2.75) is 6.61 Å². The Balaban J connectivity index is 2.18. The minimum atomic E-state index is -3.01. The predicted octanol–water partition coefficient (Wildman–Crippen LogP) is 3.50. The summed E-state index contributed by atoms with van der Waals surface area (Å²) in [5.41, 5.74) is -0.506. The van der Waals surface area contributed by atoms with Crippen LogP contribution in [-0.2, 0) is 0 Å². The van der Waals surface area contributed by atoms with Gasteiger partial charge in [0.2, 0.25) is 5.88 Å². The van der Waals surface area contributed by atoms with E-state index in [0.29, 0.717) is 0 Å². The van der Waals surface area contributed by atoms with E-state index in [1.54, 1.807) is 0 Å².